The average Bonchev–Trinajstić information content (AvgIpc) is 3.20. The van der Waals surface area contributed by atoms with Crippen LogP contribution in [0.4, 0.5) is 0 Å². The fraction of sp³-hybridized carbons (Fsp3) is 0.562. The van der Waals surface area contributed by atoms with Crippen molar-refractivity contribution in [3.63, 3.8) is 0 Å². The lowest BCUT2D eigenvalue weighted by atomic mass is 10.1. The molecule has 3 heteroatoms. The summed E-state index contributed by atoms with van der Waals surface area (Å²) in [5, 5.41) is 3.54. The minimum atomic E-state index is 0.421. The van der Waals surface area contributed by atoms with Gasteiger partial charge in [-0.2, -0.15) is 0 Å². The van der Waals surface area contributed by atoms with Crippen LogP contribution in [0.25, 0.3) is 0 Å². The van der Waals surface area contributed by atoms with Gasteiger partial charge in [0.25, 0.3) is 0 Å². The number of hydrogen-bond donors (Lipinski definition) is 1. The molecule has 1 aliphatic rings. The van der Waals surface area contributed by atoms with Crippen LogP contribution in [-0.4, -0.2) is 17.6 Å². The number of hydrogen-bond acceptors (Lipinski definition) is 3. The second kappa shape index (κ2) is 6.71. The highest BCUT2D eigenvalue weighted by Crippen LogP contribution is 2.22. The minimum Gasteiger partial charge on any atom is -0.473 e. The minimum absolute atomic E-state index is 0.421. The van der Waals surface area contributed by atoms with Gasteiger partial charge in [0.05, 0.1) is 0 Å². The van der Waals surface area contributed by atoms with E-state index in [2.05, 4.69) is 30.2 Å². The van der Waals surface area contributed by atoms with Crippen LogP contribution in [0.2, 0.25) is 0 Å². The number of pyridine rings is 1. The van der Waals surface area contributed by atoms with Gasteiger partial charge in [-0.1, -0.05) is 26.0 Å². The zero-order valence-electron chi connectivity index (χ0n) is 12.1. The fourth-order valence-corrected chi connectivity index (χ4v) is 1.83. The predicted molar refractivity (Wildman–Crippen MR) is 78.5 cm³/mol. The molecule has 0 amide bonds. The molecule has 1 saturated carbocycles. The molecule has 104 valence electrons. The Kier molecular flexibility index (Phi) is 4.97. The van der Waals surface area contributed by atoms with E-state index in [1.807, 2.05) is 25.1 Å². The third kappa shape index (κ3) is 4.67. The zero-order chi connectivity index (χ0) is 13.7. The van der Waals surface area contributed by atoms with Crippen LogP contribution < -0.4 is 10.1 Å². The molecular formula is C16H24N2O. The van der Waals surface area contributed by atoms with Crippen molar-refractivity contribution in [1.29, 1.82) is 0 Å². The van der Waals surface area contributed by atoms with E-state index >= 15 is 0 Å². The Morgan fingerprint density at radius 1 is 1.42 bits per heavy atom. The quantitative estimate of drug-likeness (QED) is 0.763. The highest BCUT2D eigenvalue weighted by molar-refractivity contribution is 5.27. The summed E-state index contributed by atoms with van der Waals surface area (Å²) in [5.74, 6) is 1.15. The molecule has 1 N–H and O–H groups in total. The van der Waals surface area contributed by atoms with E-state index in [0.717, 1.165) is 24.2 Å². The first-order chi connectivity index (χ1) is 9.19. The molecule has 1 aliphatic carbocycles. The van der Waals surface area contributed by atoms with Gasteiger partial charge in [-0.15, -0.1) is 0 Å². The maximum absolute atomic E-state index is 5.67. The molecule has 0 bridgehead atoms. The first-order valence-electron chi connectivity index (χ1n) is 7.17. The molecule has 1 heterocycles. The summed E-state index contributed by atoms with van der Waals surface area (Å²) in [6.07, 6.45) is 6.60. The number of nitrogens with zero attached hydrogens (tertiary/aromatic N) is 1. The van der Waals surface area contributed by atoms with Gasteiger partial charge >= 0.3 is 0 Å². The first kappa shape index (κ1) is 14.1. The molecule has 3 nitrogen and oxygen atoms in total. The maximum Gasteiger partial charge on any atom is 0.214 e. The molecule has 0 unspecified atom stereocenters. The number of rotatable bonds is 7. The van der Waals surface area contributed by atoms with Crippen LogP contribution >= 0.6 is 0 Å². The lowest BCUT2D eigenvalue weighted by Gasteiger charge is -2.12. The Morgan fingerprint density at radius 2 is 2.21 bits per heavy atom. The molecule has 0 atom stereocenters. The third-order valence-electron chi connectivity index (χ3n) is 3.21. The summed E-state index contributed by atoms with van der Waals surface area (Å²) in [4.78, 5) is 4.56. The molecule has 1 fully saturated rings. The Balaban J connectivity index is 2.06. The van der Waals surface area contributed by atoms with Crippen molar-refractivity contribution in [3.05, 3.63) is 35.5 Å². The Labute approximate surface area is 116 Å². The molecular weight excluding hydrogens is 236 g/mol. The van der Waals surface area contributed by atoms with E-state index in [-0.39, 0.29) is 0 Å². The van der Waals surface area contributed by atoms with Gasteiger partial charge in [-0.25, -0.2) is 4.98 Å². The van der Waals surface area contributed by atoms with Crippen LogP contribution in [0, 0.1) is 0 Å². The maximum atomic E-state index is 5.67. The molecule has 0 saturated heterocycles. The highest BCUT2D eigenvalue weighted by atomic mass is 16.5. The summed E-state index contributed by atoms with van der Waals surface area (Å²) in [6, 6.07) is 4.95. The Hall–Kier alpha value is -1.35. The van der Waals surface area contributed by atoms with Crippen molar-refractivity contribution in [3.8, 4) is 5.88 Å². The SMILES string of the molecule is C/C=C/COc1cc(CNC2CC2)cc(C(C)C)n1. The molecule has 1 aromatic rings. The smallest absolute Gasteiger partial charge is 0.214 e. The van der Waals surface area contributed by atoms with E-state index in [0.29, 0.717) is 12.5 Å². The Bertz CT molecular complexity index is 436. The van der Waals surface area contributed by atoms with Crippen molar-refractivity contribution in [2.75, 3.05) is 6.61 Å². The lowest BCUT2D eigenvalue weighted by molar-refractivity contribution is 0.346. The third-order valence-corrected chi connectivity index (χ3v) is 3.21. The van der Waals surface area contributed by atoms with E-state index in [1.165, 1.54) is 18.4 Å². The van der Waals surface area contributed by atoms with E-state index in [4.69, 9.17) is 4.74 Å². The van der Waals surface area contributed by atoms with Crippen LogP contribution in [0.5, 0.6) is 5.88 Å². The van der Waals surface area contributed by atoms with E-state index in [9.17, 15) is 0 Å². The van der Waals surface area contributed by atoms with Gasteiger partial charge in [-0.3, -0.25) is 0 Å². The van der Waals surface area contributed by atoms with Crippen LogP contribution in [0.15, 0.2) is 24.3 Å². The van der Waals surface area contributed by atoms with Crippen molar-refractivity contribution >= 4 is 0 Å². The Morgan fingerprint density at radius 3 is 2.84 bits per heavy atom. The number of nitrogens with one attached hydrogen (secondary N) is 1. The van der Waals surface area contributed by atoms with Crippen molar-refractivity contribution in [1.82, 2.24) is 10.3 Å². The molecule has 1 aromatic heterocycles. The van der Waals surface area contributed by atoms with Gasteiger partial charge in [0.1, 0.15) is 6.61 Å². The zero-order valence-corrected chi connectivity index (χ0v) is 12.1. The molecule has 0 aliphatic heterocycles. The lowest BCUT2D eigenvalue weighted by Crippen LogP contribution is -2.16. The molecule has 2 rings (SSSR count). The number of aromatic nitrogens is 1. The van der Waals surface area contributed by atoms with Gasteiger partial charge in [0.2, 0.25) is 5.88 Å². The standard InChI is InChI=1S/C16H24N2O/c1-4-5-8-19-16-10-13(11-17-14-6-7-14)9-15(18-16)12(2)3/h4-5,9-10,12,14,17H,6-8,11H2,1-3H3/b5-4+. The van der Waals surface area contributed by atoms with E-state index < -0.39 is 0 Å². The molecule has 0 aromatic carbocycles. The fourth-order valence-electron chi connectivity index (χ4n) is 1.83. The topological polar surface area (TPSA) is 34.1 Å². The van der Waals surface area contributed by atoms with Crippen LogP contribution in [0.1, 0.15) is 50.8 Å². The number of ether oxygens (including phenoxy) is 1. The summed E-state index contributed by atoms with van der Waals surface area (Å²) in [6.45, 7) is 7.81. The highest BCUT2D eigenvalue weighted by Gasteiger charge is 2.20. The summed E-state index contributed by atoms with van der Waals surface area (Å²) < 4.78 is 5.67. The first-order valence-corrected chi connectivity index (χ1v) is 7.17. The molecule has 19 heavy (non-hydrogen) atoms. The molecule has 0 radical (unpaired) electrons. The van der Waals surface area contributed by atoms with Gasteiger partial charge in [-0.05, 0) is 37.3 Å². The summed E-state index contributed by atoms with van der Waals surface area (Å²) in [5.41, 5.74) is 2.37. The normalized spacial score (nSPS) is 15.4. The van der Waals surface area contributed by atoms with Crippen LogP contribution in [0.3, 0.4) is 0 Å². The van der Waals surface area contributed by atoms with Gasteiger partial charge in [0, 0.05) is 24.3 Å². The average molecular weight is 260 g/mol. The van der Waals surface area contributed by atoms with Gasteiger partial charge in [0.15, 0.2) is 0 Å². The predicted octanol–water partition coefficient (Wildman–Crippen LogP) is 3.41. The number of allylic oxidation sites excluding steroid dienone is 1. The summed E-state index contributed by atoms with van der Waals surface area (Å²) in [7, 11) is 0. The van der Waals surface area contributed by atoms with Crippen LogP contribution in [-0.2, 0) is 6.54 Å². The van der Waals surface area contributed by atoms with Gasteiger partial charge < -0.3 is 10.1 Å². The molecule has 0 spiro atoms. The summed E-state index contributed by atoms with van der Waals surface area (Å²) >= 11 is 0. The second-order valence-corrected chi connectivity index (χ2v) is 5.43. The van der Waals surface area contributed by atoms with Crippen molar-refractivity contribution < 1.29 is 4.74 Å². The van der Waals surface area contributed by atoms with Crippen molar-refractivity contribution in [2.24, 2.45) is 0 Å². The van der Waals surface area contributed by atoms with Crippen molar-refractivity contribution in [2.45, 2.75) is 52.1 Å². The largest absolute Gasteiger partial charge is 0.473 e. The van der Waals surface area contributed by atoms with E-state index in [1.54, 1.807) is 0 Å². The second-order valence-electron chi connectivity index (χ2n) is 5.43. The monoisotopic (exact) mass is 260 g/mol.